The van der Waals surface area contributed by atoms with Crippen LogP contribution in [0.1, 0.15) is 68.6 Å². The highest BCUT2D eigenvalue weighted by molar-refractivity contribution is 5.94. The van der Waals surface area contributed by atoms with Crippen LogP contribution in [-0.2, 0) is 19.1 Å². The smallest absolute Gasteiger partial charge is 0.347 e. The number of ether oxygens (including phenoxy) is 1. The molecule has 1 rings (SSSR count). The van der Waals surface area contributed by atoms with Crippen molar-refractivity contribution in [3.05, 3.63) is 90.9 Å². The average Bonchev–Trinajstić information content (AvgIpc) is 2.92. The van der Waals surface area contributed by atoms with E-state index < -0.39 is 36.0 Å². The molecule has 1 aromatic heterocycles. The molecule has 0 bridgehead atoms. The number of carbonyl (C=O) groups is 4. The molecular formula is C30H38N2O7. The lowest BCUT2D eigenvalue weighted by atomic mass is 10.1. The molecule has 1 aromatic rings. The number of hydrogen-bond acceptors (Lipinski definition) is 6. The number of nitrogens with one attached hydrogen (secondary N) is 1. The number of amides is 1. The van der Waals surface area contributed by atoms with Gasteiger partial charge in [0.2, 0.25) is 12.0 Å². The average molecular weight is 539 g/mol. The number of hydrogen-bond donors (Lipinski definition) is 3. The van der Waals surface area contributed by atoms with Crippen molar-refractivity contribution in [1.82, 2.24) is 10.3 Å². The molecule has 0 fully saturated rings. The van der Waals surface area contributed by atoms with Gasteiger partial charge in [-0.15, -0.1) is 0 Å². The molecule has 0 aliphatic heterocycles. The van der Waals surface area contributed by atoms with Gasteiger partial charge in [0.15, 0.2) is 6.04 Å². The minimum Gasteiger partial charge on any atom is -0.480 e. The van der Waals surface area contributed by atoms with E-state index >= 15 is 0 Å². The van der Waals surface area contributed by atoms with Gasteiger partial charge < -0.3 is 20.3 Å². The molecule has 9 nitrogen and oxygen atoms in total. The second kappa shape index (κ2) is 20.7. The summed E-state index contributed by atoms with van der Waals surface area (Å²) < 4.78 is 4.86. The number of rotatable bonds is 19. The number of pyridine rings is 1. The van der Waals surface area contributed by atoms with Crippen molar-refractivity contribution in [2.75, 3.05) is 0 Å². The van der Waals surface area contributed by atoms with Crippen molar-refractivity contribution in [2.24, 2.45) is 0 Å². The summed E-state index contributed by atoms with van der Waals surface area (Å²) in [5, 5.41) is 21.0. The van der Waals surface area contributed by atoms with Gasteiger partial charge in [-0.3, -0.25) is 9.78 Å². The van der Waals surface area contributed by atoms with Crippen molar-refractivity contribution in [2.45, 2.75) is 70.4 Å². The third kappa shape index (κ3) is 15.6. The SMILES string of the molecule is CCC=CCC=CCC=CCC=CCC=CCCCC(=O)NC(C(=O)O)C(OC(=O)c1cccnc1)C(=O)O. The second-order valence-electron chi connectivity index (χ2n) is 8.39. The minimum absolute atomic E-state index is 0.0129. The Labute approximate surface area is 229 Å². The van der Waals surface area contributed by atoms with E-state index in [4.69, 9.17) is 4.74 Å². The molecule has 1 amide bonds. The molecule has 39 heavy (non-hydrogen) atoms. The van der Waals surface area contributed by atoms with Crippen LogP contribution in [-0.4, -0.2) is 51.2 Å². The van der Waals surface area contributed by atoms with Crippen LogP contribution in [0.5, 0.6) is 0 Å². The molecule has 3 N–H and O–H groups in total. The molecule has 2 atom stereocenters. The molecule has 0 aliphatic rings. The molecular weight excluding hydrogens is 500 g/mol. The first-order valence-corrected chi connectivity index (χ1v) is 13.0. The first kappa shape index (κ1) is 32.8. The molecule has 0 saturated carbocycles. The number of carboxylic acid groups (broad SMARTS) is 2. The number of aromatic nitrogens is 1. The Hall–Kier alpha value is -4.27. The Balaban J connectivity index is 2.34. The Morgan fingerprint density at radius 3 is 1.92 bits per heavy atom. The van der Waals surface area contributed by atoms with Crippen LogP contribution in [0.15, 0.2) is 85.3 Å². The molecule has 2 unspecified atom stereocenters. The van der Waals surface area contributed by atoms with E-state index in [2.05, 4.69) is 65.8 Å². The lowest BCUT2D eigenvalue weighted by molar-refractivity contribution is -0.157. The van der Waals surface area contributed by atoms with E-state index in [1.54, 1.807) is 0 Å². The fourth-order valence-electron chi connectivity index (χ4n) is 3.19. The largest absolute Gasteiger partial charge is 0.480 e. The Bertz CT molecular complexity index is 1040. The van der Waals surface area contributed by atoms with Gasteiger partial charge in [-0.1, -0.05) is 67.7 Å². The first-order valence-electron chi connectivity index (χ1n) is 13.0. The van der Waals surface area contributed by atoms with Crippen LogP contribution in [0.3, 0.4) is 0 Å². The monoisotopic (exact) mass is 538 g/mol. The highest BCUT2D eigenvalue weighted by Crippen LogP contribution is 2.09. The number of esters is 1. The van der Waals surface area contributed by atoms with Gasteiger partial charge in [-0.2, -0.15) is 0 Å². The third-order valence-corrected chi connectivity index (χ3v) is 5.19. The van der Waals surface area contributed by atoms with Gasteiger partial charge in [0, 0.05) is 18.8 Å². The summed E-state index contributed by atoms with van der Waals surface area (Å²) in [4.78, 5) is 51.3. The second-order valence-corrected chi connectivity index (χ2v) is 8.39. The molecule has 9 heteroatoms. The molecule has 0 aromatic carbocycles. The lowest BCUT2D eigenvalue weighted by Crippen LogP contribution is -2.53. The molecule has 1 heterocycles. The zero-order chi connectivity index (χ0) is 28.7. The van der Waals surface area contributed by atoms with Crippen molar-refractivity contribution in [1.29, 1.82) is 0 Å². The predicted octanol–water partition coefficient (Wildman–Crippen LogP) is 5.18. The quantitative estimate of drug-likeness (QED) is 0.124. The van der Waals surface area contributed by atoms with Crippen LogP contribution < -0.4 is 5.32 Å². The summed E-state index contributed by atoms with van der Waals surface area (Å²) in [6.45, 7) is 2.12. The summed E-state index contributed by atoms with van der Waals surface area (Å²) in [7, 11) is 0. The van der Waals surface area contributed by atoms with E-state index in [0.29, 0.717) is 12.8 Å². The van der Waals surface area contributed by atoms with E-state index in [1.807, 2.05) is 12.2 Å². The number of carbonyl (C=O) groups excluding carboxylic acids is 2. The van der Waals surface area contributed by atoms with Crippen LogP contribution in [0, 0.1) is 0 Å². The maximum Gasteiger partial charge on any atom is 0.347 e. The number of carboxylic acids is 2. The molecule has 0 radical (unpaired) electrons. The van der Waals surface area contributed by atoms with E-state index in [9.17, 15) is 29.4 Å². The molecule has 210 valence electrons. The Morgan fingerprint density at radius 1 is 0.872 bits per heavy atom. The number of unbranched alkanes of at least 4 members (excludes halogenated alkanes) is 1. The van der Waals surface area contributed by atoms with Crippen molar-refractivity contribution >= 4 is 23.8 Å². The summed E-state index contributed by atoms with van der Waals surface area (Å²) in [5.74, 6) is -5.04. The van der Waals surface area contributed by atoms with Crippen LogP contribution in [0.4, 0.5) is 0 Å². The maximum absolute atomic E-state index is 12.2. The van der Waals surface area contributed by atoms with Crippen molar-refractivity contribution in [3.8, 4) is 0 Å². The Kier molecular flexibility index (Phi) is 17.4. The summed E-state index contributed by atoms with van der Waals surface area (Å²) in [6.07, 6.45) is 26.9. The van der Waals surface area contributed by atoms with Crippen LogP contribution in [0.2, 0.25) is 0 Å². The minimum atomic E-state index is -2.11. The fraction of sp³-hybridized carbons (Fsp3) is 0.367. The zero-order valence-electron chi connectivity index (χ0n) is 22.3. The van der Waals surface area contributed by atoms with Gasteiger partial charge in [-0.25, -0.2) is 14.4 Å². The molecule has 0 aliphatic carbocycles. The number of nitrogens with zero attached hydrogens (tertiary/aromatic N) is 1. The van der Waals surface area contributed by atoms with Gasteiger partial charge in [0.1, 0.15) is 0 Å². The number of allylic oxidation sites excluding steroid dienone is 10. The lowest BCUT2D eigenvalue weighted by Gasteiger charge is -2.21. The predicted molar refractivity (Wildman–Crippen MR) is 149 cm³/mol. The Morgan fingerprint density at radius 2 is 1.44 bits per heavy atom. The third-order valence-electron chi connectivity index (χ3n) is 5.19. The molecule has 0 saturated heterocycles. The van der Waals surface area contributed by atoms with Crippen LogP contribution >= 0.6 is 0 Å². The van der Waals surface area contributed by atoms with Crippen molar-refractivity contribution in [3.63, 3.8) is 0 Å². The fourth-order valence-corrected chi connectivity index (χ4v) is 3.19. The van der Waals surface area contributed by atoms with Gasteiger partial charge in [0.25, 0.3) is 0 Å². The normalized spacial score (nSPS) is 13.5. The van der Waals surface area contributed by atoms with Gasteiger partial charge in [-0.05, 0) is 57.1 Å². The summed E-state index contributed by atoms with van der Waals surface area (Å²) in [5.41, 5.74) is -0.0451. The first-order chi connectivity index (χ1) is 18.9. The number of aliphatic carboxylic acids is 2. The highest BCUT2D eigenvalue weighted by atomic mass is 16.6. The maximum atomic E-state index is 12.2. The van der Waals surface area contributed by atoms with E-state index in [0.717, 1.165) is 38.3 Å². The van der Waals surface area contributed by atoms with Crippen molar-refractivity contribution < 1.29 is 34.1 Å². The summed E-state index contributed by atoms with van der Waals surface area (Å²) >= 11 is 0. The highest BCUT2D eigenvalue weighted by Gasteiger charge is 2.38. The van der Waals surface area contributed by atoms with E-state index in [1.165, 1.54) is 18.3 Å². The van der Waals surface area contributed by atoms with Gasteiger partial charge in [0.05, 0.1) is 5.56 Å². The standard InChI is InChI=1S/C30H38N2O7/c1-2-3-4-5-6-7-8-9-10-11-12-13-14-15-16-17-18-21-25(33)32-26(28(34)35)27(29(36)37)39-30(38)24-20-19-22-31-23-24/h3-4,6-7,9-10,12-13,15-16,19-20,22-23,26-27H,2,5,8,11,14,17-18,21H2,1H3,(H,32,33)(H,34,35)(H,36,37). The van der Waals surface area contributed by atoms with Gasteiger partial charge >= 0.3 is 17.9 Å². The zero-order valence-corrected chi connectivity index (χ0v) is 22.3. The topological polar surface area (TPSA) is 143 Å². The molecule has 0 spiro atoms. The van der Waals surface area contributed by atoms with Crippen LogP contribution in [0.25, 0.3) is 0 Å². The summed E-state index contributed by atoms with van der Waals surface area (Å²) in [6, 6.07) is 0.848. The van der Waals surface area contributed by atoms with E-state index in [-0.39, 0.29) is 12.0 Å².